The fourth-order valence-corrected chi connectivity index (χ4v) is 3.18. The Balaban J connectivity index is 2.62. The minimum Gasteiger partial charge on any atom is -0.247 e. The van der Waals surface area contributed by atoms with Gasteiger partial charge in [0.05, 0.1) is 11.0 Å². The lowest BCUT2D eigenvalue weighted by molar-refractivity contribution is 0.601. The predicted octanol–water partition coefficient (Wildman–Crippen LogP) is 5.61. The molecule has 0 atom stereocenters. The molecule has 1 nitrogen and oxygen atoms in total. The number of nitrogens with zero attached hydrogens (tertiary/aromatic N) is 1. The first kappa shape index (κ1) is 14.1. The molecule has 0 aliphatic heterocycles. The van der Waals surface area contributed by atoms with Gasteiger partial charge in [-0.25, -0.2) is 4.98 Å². The fraction of sp³-hybridized carbons (Fsp3) is 0.350. The molecule has 1 heterocycles. The second kappa shape index (κ2) is 4.56. The van der Waals surface area contributed by atoms with Gasteiger partial charge in [0.1, 0.15) is 0 Å². The van der Waals surface area contributed by atoms with Crippen LogP contribution < -0.4 is 0 Å². The molecule has 0 aliphatic rings. The number of fused-ring (bicyclic) bond motifs is 2. The highest BCUT2D eigenvalue weighted by atomic mass is 14.7. The van der Waals surface area contributed by atoms with Gasteiger partial charge in [-0.15, -0.1) is 0 Å². The Morgan fingerprint density at radius 3 is 2.14 bits per heavy atom. The van der Waals surface area contributed by atoms with Crippen LogP contribution in [0.1, 0.15) is 43.0 Å². The molecule has 21 heavy (non-hydrogen) atoms. The number of aryl methyl sites for hydroxylation is 3. The van der Waals surface area contributed by atoms with Gasteiger partial charge in [-0.05, 0) is 60.6 Å². The number of para-hydroxylation sites is 1. The molecule has 0 saturated heterocycles. The molecule has 0 amide bonds. The number of hydrogen-bond donors (Lipinski definition) is 0. The third-order valence-corrected chi connectivity index (χ3v) is 4.37. The number of hydrogen-bond acceptors (Lipinski definition) is 1. The molecule has 0 N–H and O–H groups in total. The second-order valence-electron chi connectivity index (χ2n) is 7.16. The van der Waals surface area contributed by atoms with E-state index in [1.165, 1.54) is 33.0 Å². The summed E-state index contributed by atoms with van der Waals surface area (Å²) in [7, 11) is 0. The Labute approximate surface area is 127 Å². The smallest absolute Gasteiger partial charge is 0.0741 e. The molecule has 0 aliphatic carbocycles. The van der Waals surface area contributed by atoms with Crippen LogP contribution in [0.4, 0.5) is 0 Å². The van der Waals surface area contributed by atoms with Gasteiger partial charge < -0.3 is 0 Å². The van der Waals surface area contributed by atoms with Crippen molar-refractivity contribution in [2.75, 3.05) is 0 Å². The molecule has 2 aromatic carbocycles. The minimum atomic E-state index is 0.0922. The van der Waals surface area contributed by atoms with Gasteiger partial charge in [0.15, 0.2) is 0 Å². The van der Waals surface area contributed by atoms with Crippen molar-refractivity contribution in [2.45, 2.75) is 47.0 Å². The zero-order chi connectivity index (χ0) is 15.4. The Hall–Kier alpha value is -1.89. The number of aromatic nitrogens is 1. The number of rotatable bonds is 0. The fourth-order valence-electron chi connectivity index (χ4n) is 3.18. The lowest BCUT2D eigenvalue weighted by Crippen LogP contribution is -2.13. The van der Waals surface area contributed by atoms with Crippen LogP contribution in [0.25, 0.3) is 21.8 Å². The van der Waals surface area contributed by atoms with Crippen LogP contribution in [0, 0.1) is 20.8 Å². The molecular weight excluding hydrogens is 254 g/mol. The summed E-state index contributed by atoms with van der Waals surface area (Å²) in [6.45, 7) is 13.4. The summed E-state index contributed by atoms with van der Waals surface area (Å²) >= 11 is 0. The van der Waals surface area contributed by atoms with Gasteiger partial charge in [-0.1, -0.05) is 39.0 Å². The van der Waals surface area contributed by atoms with Gasteiger partial charge in [0.2, 0.25) is 0 Å². The van der Waals surface area contributed by atoms with Crippen molar-refractivity contribution in [3.05, 3.63) is 52.6 Å². The molecule has 0 radical (unpaired) electrons. The quantitative estimate of drug-likeness (QED) is 0.487. The zero-order valence-corrected chi connectivity index (χ0v) is 13.8. The van der Waals surface area contributed by atoms with Crippen LogP contribution in [0.5, 0.6) is 0 Å². The topological polar surface area (TPSA) is 12.9 Å². The standard InChI is InChI=1S/C20H23N/c1-12-8-7-9-15-18(20(4,5)6)16-10-13(2)14(3)11-17(16)21-19(12)15/h7-11H,1-6H3. The average Bonchev–Trinajstić information content (AvgIpc) is 2.37. The van der Waals surface area contributed by atoms with Crippen molar-refractivity contribution in [3.63, 3.8) is 0 Å². The Bertz CT molecular complexity index is 851. The number of benzene rings is 2. The van der Waals surface area contributed by atoms with E-state index in [-0.39, 0.29) is 5.41 Å². The summed E-state index contributed by atoms with van der Waals surface area (Å²) in [4.78, 5) is 4.95. The second-order valence-corrected chi connectivity index (χ2v) is 7.16. The molecule has 3 rings (SSSR count). The van der Waals surface area contributed by atoms with Crippen molar-refractivity contribution in [3.8, 4) is 0 Å². The van der Waals surface area contributed by atoms with E-state index in [1.807, 2.05) is 0 Å². The van der Waals surface area contributed by atoms with Gasteiger partial charge in [0, 0.05) is 10.8 Å². The van der Waals surface area contributed by atoms with Crippen molar-refractivity contribution in [1.82, 2.24) is 4.98 Å². The van der Waals surface area contributed by atoms with E-state index in [9.17, 15) is 0 Å². The van der Waals surface area contributed by atoms with E-state index < -0.39 is 0 Å². The third-order valence-electron chi connectivity index (χ3n) is 4.37. The van der Waals surface area contributed by atoms with Crippen LogP contribution in [0.2, 0.25) is 0 Å². The first-order chi connectivity index (χ1) is 9.79. The van der Waals surface area contributed by atoms with E-state index in [2.05, 4.69) is 71.9 Å². The SMILES string of the molecule is Cc1cc2nc3c(C)cccc3c(C(C)(C)C)c2cc1C. The lowest BCUT2D eigenvalue weighted by atomic mass is 9.81. The monoisotopic (exact) mass is 277 g/mol. The van der Waals surface area contributed by atoms with Crippen LogP contribution in [-0.2, 0) is 5.41 Å². The highest BCUT2D eigenvalue weighted by Crippen LogP contribution is 2.37. The molecule has 0 fully saturated rings. The van der Waals surface area contributed by atoms with E-state index in [1.54, 1.807) is 0 Å². The van der Waals surface area contributed by atoms with Gasteiger partial charge in [-0.3, -0.25) is 0 Å². The summed E-state index contributed by atoms with van der Waals surface area (Å²) in [6, 6.07) is 11.0. The van der Waals surface area contributed by atoms with Gasteiger partial charge >= 0.3 is 0 Å². The largest absolute Gasteiger partial charge is 0.247 e. The van der Waals surface area contributed by atoms with Crippen LogP contribution in [0.15, 0.2) is 30.3 Å². The van der Waals surface area contributed by atoms with Crippen LogP contribution >= 0.6 is 0 Å². The van der Waals surface area contributed by atoms with E-state index in [0.717, 1.165) is 11.0 Å². The Morgan fingerprint density at radius 2 is 1.48 bits per heavy atom. The molecule has 0 spiro atoms. The van der Waals surface area contributed by atoms with Crippen molar-refractivity contribution >= 4 is 21.8 Å². The average molecular weight is 277 g/mol. The molecule has 108 valence electrons. The first-order valence-corrected chi connectivity index (χ1v) is 7.60. The van der Waals surface area contributed by atoms with Gasteiger partial charge in [-0.2, -0.15) is 0 Å². The van der Waals surface area contributed by atoms with Crippen molar-refractivity contribution in [1.29, 1.82) is 0 Å². The lowest BCUT2D eigenvalue weighted by Gasteiger charge is -2.24. The highest BCUT2D eigenvalue weighted by molar-refractivity contribution is 6.00. The van der Waals surface area contributed by atoms with Crippen molar-refractivity contribution < 1.29 is 0 Å². The zero-order valence-electron chi connectivity index (χ0n) is 13.8. The Kier molecular flexibility index (Phi) is 3.05. The van der Waals surface area contributed by atoms with Gasteiger partial charge in [0.25, 0.3) is 0 Å². The summed E-state index contributed by atoms with van der Waals surface area (Å²) < 4.78 is 0. The maximum absolute atomic E-state index is 4.95. The summed E-state index contributed by atoms with van der Waals surface area (Å²) in [6.07, 6.45) is 0. The first-order valence-electron chi connectivity index (χ1n) is 7.60. The maximum Gasteiger partial charge on any atom is 0.0741 e. The van der Waals surface area contributed by atoms with Crippen molar-refractivity contribution in [2.24, 2.45) is 0 Å². The third kappa shape index (κ3) is 2.21. The van der Waals surface area contributed by atoms with Crippen LogP contribution in [-0.4, -0.2) is 4.98 Å². The molecule has 3 aromatic rings. The van der Waals surface area contributed by atoms with Crippen LogP contribution in [0.3, 0.4) is 0 Å². The maximum atomic E-state index is 4.95. The summed E-state index contributed by atoms with van der Waals surface area (Å²) in [5, 5.41) is 2.59. The van der Waals surface area contributed by atoms with E-state index >= 15 is 0 Å². The molecule has 1 aromatic heterocycles. The summed E-state index contributed by atoms with van der Waals surface area (Å²) in [5.74, 6) is 0. The molecule has 1 heteroatoms. The summed E-state index contributed by atoms with van der Waals surface area (Å²) in [5.41, 5.74) is 7.65. The molecule has 0 bridgehead atoms. The minimum absolute atomic E-state index is 0.0922. The normalized spacial score (nSPS) is 12.3. The molecular formula is C20H23N. The molecule has 0 saturated carbocycles. The predicted molar refractivity (Wildman–Crippen MR) is 92.2 cm³/mol. The highest BCUT2D eigenvalue weighted by Gasteiger charge is 2.22. The Morgan fingerprint density at radius 1 is 0.810 bits per heavy atom. The van der Waals surface area contributed by atoms with E-state index in [0.29, 0.717) is 0 Å². The van der Waals surface area contributed by atoms with E-state index in [4.69, 9.17) is 4.98 Å². The number of pyridine rings is 1. The molecule has 0 unspecified atom stereocenters.